The van der Waals surface area contributed by atoms with Gasteiger partial charge in [0.1, 0.15) is 5.69 Å². The first-order valence-corrected chi connectivity index (χ1v) is 3.46. The Morgan fingerprint density at radius 2 is 2.08 bits per heavy atom. The fourth-order valence-electron chi connectivity index (χ4n) is 0.858. The summed E-state index contributed by atoms with van der Waals surface area (Å²) in [5, 5.41) is 0. The molecule has 1 rings (SSSR count). The molecule has 0 radical (unpaired) electrons. The van der Waals surface area contributed by atoms with Gasteiger partial charge in [0.2, 0.25) is 0 Å². The lowest BCUT2D eigenvalue weighted by Gasteiger charge is -2.05. The normalized spacial score (nSPS) is 11.4. The maximum atomic E-state index is 11.9. The van der Waals surface area contributed by atoms with E-state index in [0.717, 1.165) is 6.20 Å². The Hall–Kier alpha value is -1.39. The SMILES string of the molecule is Cc1cccnc1C(=O)C(F)(F)F. The third-order valence-corrected chi connectivity index (χ3v) is 1.48. The van der Waals surface area contributed by atoms with Crippen LogP contribution in [0.2, 0.25) is 0 Å². The Morgan fingerprint density at radius 3 is 2.54 bits per heavy atom. The van der Waals surface area contributed by atoms with Gasteiger partial charge >= 0.3 is 6.18 Å². The van der Waals surface area contributed by atoms with E-state index < -0.39 is 17.7 Å². The number of Topliss-reactive ketones (excluding diaryl/α,β-unsaturated/α-hetero) is 1. The zero-order valence-corrected chi connectivity index (χ0v) is 6.72. The van der Waals surface area contributed by atoms with Crippen LogP contribution in [0.15, 0.2) is 18.3 Å². The molecule has 0 N–H and O–H groups in total. The van der Waals surface area contributed by atoms with Crippen LogP contribution in [0, 0.1) is 6.92 Å². The zero-order valence-electron chi connectivity index (χ0n) is 6.72. The molecular formula is C8H6F3NO. The molecule has 0 saturated heterocycles. The quantitative estimate of drug-likeness (QED) is 0.633. The summed E-state index contributed by atoms with van der Waals surface area (Å²) in [5.41, 5.74) is -0.306. The summed E-state index contributed by atoms with van der Waals surface area (Å²) in [6.07, 6.45) is -3.69. The monoisotopic (exact) mass is 189 g/mol. The van der Waals surface area contributed by atoms with E-state index in [1.807, 2.05) is 0 Å². The number of pyridine rings is 1. The third kappa shape index (κ3) is 2.05. The maximum Gasteiger partial charge on any atom is 0.456 e. The average molecular weight is 189 g/mol. The Bertz CT molecular complexity index is 332. The molecule has 13 heavy (non-hydrogen) atoms. The van der Waals surface area contributed by atoms with Crippen LogP contribution in [0.5, 0.6) is 0 Å². The summed E-state index contributed by atoms with van der Waals surface area (Å²) in [4.78, 5) is 14.1. The van der Waals surface area contributed by atoms with Crippen LogP contribution in [0.3, 0.4) is 0 Å². The van der Waals surface area contributed by atoms with Gasteiger partial charge in [-0.15, -0.1) is 0 Å². The molecule has 0 aliphatic heterocycles. The Labute approximate surface area is 72.4 Å². The van der Waals surface area contributed by atoms with Crippen molar-refractivity contribution < 1.29 is 18.0 Å². The van der Waals surface area contributed by atoms with Gasteiger partial charge in [0, 0.05) is 6.20 Å². The molecular weight excluding hydrogens is 183 g/mol. The van der Waals surface area contributed by atoms with Crippen molar-refractivity contribution in [3.8, 4) is 0 Å². The molecule has 0 aliphatic carbocycles. The number of ketones is 1. The summed E-state index contributed by atoms with van der Waals surface area (Å²) in [6.45, 7) is 1.41. The number of rotatable bonds is 1. The fraction of sp³-hybridized carbons (Fsp3) is 0.250. The second-order valence-electron chi connectivity index (χ2n) is 2.50. The Balaban J connectivity index is 3.10. The van der Waals surface area contributed by atoms with Crippen molar-refractivity contribution in [2.45, 2.75) is 13.1 Å². The molecule has 1 aromatic heterocycles. The van der Waals surface area contributed by atoms with Crippen molar-refractivity contribution >= 4 is 5.78 Å². The minimum atomic E-state index is -4.85. The van der Waals surface area contributed by atoms with Crippen molar-refractivity contribution in [3.63, 3.8) is 0 Å². The average Bonchev–Trinajstić information content (AvgIpc) is 2.02. The number of carbonyl (C=O) groups is 1. The van der Waals surface area contributed by atoms with Crippen LogP contribution >= 0.6 is 0 Å². The van der Waals surface area contributed by atoms with E-state index in [2.05, 4.69) is 4.98 Å². The molecule has 0 atom stereocenters. The highest BCUT2D eigenvalue weighted by Crippen LogP contribution is 2.21. The molecule has 0 aliphatic rings. The lowest BCUT2D eigenvalue weighted by Crippen LogP contribution is -2.24. The van der Waals surface area contributed by atoms with Gasteiger partial charge in [-0.05, 0) is 18.6 Å². The van der Waals surface area contributed by atoms with Crippen molar-refractivity contribution in [3.05, 3.63) is 29.6 Å². The fourth-order valence-corrected chi connectivity index (χ4v) is 0.858. The summed E-state index contributed by atoms with van der Waals surface area (Å²) >= 11 is 0. The van der Waals surface area contributed by atoms with E-state index in [9.17, 15) is 18.0 Å². The van der Waals surface area contributed by atoms with Crippen LogP contribution < -0.4 is 0 Å². The molecule has 0 unspecified atom stereocenters. The lowest BCUT2D eigenvalue weighted by molar-refractivity contribution is -0.0888. The summed E-state index contributed by atoms with van der Waals surface area (Å²) < 4.78 is 35.8. The Morgan fingerprint density at radius 1 is 1.46 bits per heavy atom. The number of aryl methyl sites for hydroxylation is 1. The van der Waals surface area contributed by atoms with Crippen molar-refractivity contribution in [1.29, 1.82) is 0 Å². The highest BCUT2D eigenvalue weighted by Gasteiger charge is 2.40. The summed E-state index contributed by atoms with van der Waals surface area (Å²) in [7, 11) is 0. The van der Waals surface area contributed by atoms with E-state index in [1.165, 1.54) is 19.1 Å². The van der Waals surface area contributed by atoms with Crippen LogP contribution in [-0.4, -0.2) is 16.9 Å². The van der Waals surface area contributed by atoms with Gasteiger partial charge in [-0.25, -0.2) is 0 Å². The summed E-state index contributed by atoms with van der Waals surface area (Å²) in [5.74, 6) is -1.90. The lowest BCUT2D eigenvalue weighted by atomic mass is 10.1. The van der Waals surface area contributed by atoms with Gasteiger partial charge in [-0.2, -0.15) is 13.2 Å². The second kappa shape index (κ2) is 3.16. The molecule has 0 bridgehead atoms. The van der Waals surface area contributed by atoms with E-state index in [1.54, 1.807) is 0 Å². The smallest absolute Gasteiger partial charge is 0.282 e. The highest BCUT2D eigenvalue weighted by molar-refractivity contribution is 5.99. The molecule has 1 aromatic rings. The van der Waals surface area contributed by atoms with Gasteiger partial charge in [-0.1, -0.05) is 6.07 Å². The van der Waals surface area contributed by atoms with Gasteiger partial charge in [-0.3, -0.25) is 9.78 Å². The first kappa shape index (κ1) is 9.70. The number of hydrogen-bond acceptors (Lipinski definition) is 2. The van der Waals surface area contributed by atoms with Crippen LogP contribution in [0.25, 0.3) is 0 Å². The number of aromatic nitrogens is 1. The predicted molar refractivity (Wildman–Crippen MR) is 39.4 cm³/mol. The number of alkyl halides is 3. The minimum absolute atomic E-state index is 0.227. The van der Waals surface area contributed by atoms with Crippen LogP contribution in [-0.2, 0) is 0 Å². The van der Waals surface area contributed by atoms with Gasteiger partial charge < -0.3 is 0 Å². The molecule has 0 spiro atoms. The second-order valence-corrected chi connectivity index (χ2v) is 2.50. The maximum absolute atomic E-state index is 11.9. The van der Waals surface area contributed by atoms with Crippen LogP contribution in [0.1, 0.15) is 16.1 Å². The van der Waals surface area contributed by atoms with Crippen molar-refractivity contribution in [2.24, 2.45) is 0 Å². The van der Waals surface area contributed by atoms with E-state index in [4.69, 9.17) is 0 Å². The number of halogens is 3. The molecule has 0 saturated carbocycles. The van der Waals surface area contributed by atoms with E-state index >= 15 is 0 Å². The van der Waals surface area contributed by atoms with Gasteiger partial charge in [0.15, 0.2) is 0 Å². The van der Waals surface area contributed by atoms with Crippen LogP contribution in [0.4, 0.5) is 13.2 Å². The highest BCUT2D eigenvalue weighted by atomic mass is 19.4. The molecule has 2 nitrogen and oxygen atoms in total. The van der Waals surface area contributed by atoms with Gasteiger partial charge in [0.05, 0.1) is 0 Å². The molecule has 0 amide bonds. The standard InChI is InChI=1S/C8H6F3NO/c1-5-3-2-4-12-6(5)7(13)8(9,10)11/h2-4H,1H3. The van der Waals surface area contributed by atoms with Gasteiger partial charge in [0.25, 0.3) is 5.78 Å². The summed E-state index contributed by atoms with van der Waals surface area (Å²) in [6, 6.07) is 2.88. The topological polar surface area (TPSA) is 30.0 Å². The largest absolute Gasteiger partial charge is 0.456 e. The molecule has 5 heteroatoms. The zero-order chi connectivity index (χ0) is 10.1. The number of hydrogen-bond donors (Lipinski definition) is 0. The predicted octanol–water partition coefficient (Wildman–Crippen LogP) is 2.14. The molecule has 0 aromatic carbocycles. The van der Waals surface area contributed by atoms with E-state index in [0.29, 0.717) is 0 Å². The first-order valence-electron chi connectivity index (χ1n) is 3.46. The first-order chi connectivity index (χ1) is 5.93. The van der Waals surface area contributed by atoms with Crippen molar-refractivity contribution in [1.82, 2.24) is 4.98 Å². The van der Waals surface area contributed by atoms with E-state index in [-0.39, 0.29) is 5.56 Å². The number of carbonyl (C=O) groups excluding carboxylic acids is 1. The molecule has 0 fully saturated rings. The Kier molecular flexibility index (Phi) is 2.36. The molecule has 70 valence electrons. The third-order valence-electron chi connectivity index (χ3n) is 1.48. The number of nitrogens with zero attached hydrogens (tertiary/aromatic N) is 1. The molecule has 1 heterocycles. The van der Waals surface area contributed by atoms with Crippen molar-refractivity contribution in [2.75, 3.05) is 0 Å². The minimum Gasteiger partial charge on any atom is -0.282 e.